The Balaban J connectivity index is 2.55. The third-order valence-electron chi connectivity index (χ3n) is 3.15. The van der Waals surface area contributed by atoms with E-state index in [0.29, 0.717) is 17.0 Å². The van der Waals surface area contributed by atoms with E-state index in [1.807, 2.05) is 24.3 Å². The van der Waals surface area contributed by atoms with Crippen molar-refractivity contribution in [3.63, 3.8) is 0 Å². The minimum absolute atomic E-state index is 0.161. The Kier molecular flexibility index (Phi) is 4.27. The van der Waals surface area contributed by atoms with Gasteiger partial charge in [0.1, 0.15) is 11.6 Å². The van der Waals surface area contributed by atoms with E-state index in [4.69, 9.17) is 15.7 Å². The molecule has 0 atom stereocenters. The summed E-state index contributed by atoms with van der Waals surface area (Å²) in [7, 11) is 3.36. The molecule has 6 heteroatoms. The summed E-state index contributed by atoms with van der Waals surface area (Å²) in [5.41, 5.74) is 7.29. The molecule has 0 aliphatic heterocycles. The van der Waals surface area contributed by atoms with Gasteiger partial charge in [-0.3, -0.25) is 0 Å². The van der Waals surface area contributed by atoms with Gasteiger partial charge in [0.25, 0.3) is 0 Å². The Labute approximate surface area is 122 Å². The van der Waals surface area contributed by atoms with Crippen LogP contribution in [0.3, 0.4) is 0 Å². The lowest BCUT2D eigenvalue weighted by atomic mass is 10.1. The highest BCUT2D eigenvalue weighted by atomic mass is 19.1. The number of amidine groups is 1. The van der Waals surface area contributed by atoms with Crippen molar-refractivity contribution in [3.05, 3.63) is 53.8 Å². The first-order chi connectivity index (χ1) is 10.1. The number of nitrogens with two attached hydrogens (primary N) is 1. The number of nitrogens with zero attached hydrogens (tertiary/aromatic N) is 2. The molecule has 110 valence electrons. The summed E-state index contributed by atoms with van der Waals surface area (Å²) in [5.74, 6) is 0.0369. The first-order valence-electron chi connectivity index (χ1n) is 6.22. The van der Waals surface area contributed by atoms with Crippen LogP contribution < -0.4 is 15.4 Å². The lowest BCUT2D eigenvalue weighted by molar-refractivity contribution is 0.318. The largest absolute Gasteiger partial charge is 0.495 e. The molecule has 2 aromatic rings. The van der Waals surface area contributed by atoms with Gasteiger partial charge in [-0.05, 0) is 30.3 Å². The highest BCUT2D eigenvalue weighted by molar-refractivity contribution is 6.03. The van der Waals surface area contributed by atoms with Crippen LogP contribution in [0.4, 0.5) is 15.8 Å². The summed E-state index contributed by atoms with van der Waals surface area (Å²) in [5, 5.41) is 11.8. The van der Waals surface area contributed by atoms with Crippen LogP contribution in [0.25, 0.3) is 0 Å². The molecule has 0 saturated carbocycles. The van der Waals surface area contributed by atoms with E-state index in [-0.39, 0.29) is 5.84 Å². The van der Waals surface area contributed by atoms with Crippen molar-refractivity contribution >= 4 is 17.2 Å². The predicted octanol–water partition coefficient (Wildman–Crippen LogP) is 2.70. The van der Waals surface area contributed by atoms with Gasteiger partial charge in [0.2, 0.25) is 0 Å². The van der Waals surface area contributed by atoms with E-state index < -0.39 is 5.82 Å². The standard InChI is InChI=1S/C15H16FN3O2/c1-19(13-5-3-4-6-14(13)21-2)12-8-7-10(16)9-11(12)15(17)18-20/h3-9,20H,1-2H3,(H2,17,18). The van der Waals surface area contributed by atoms with Crippen LogP contribution in [-0.2, 0) is 0 Å². The average molecular weight is 289 g/mol. The molecule has 0 aliphatic carbocycles. The summed E-state index contributed by atoms with van der Waals surface area (Å²) >= 11 is 0. The number of ether oxygens (including phenoxy) is 1. The van der Waals surface area contributed by atoms with Crippen LogP contribution in [0.2, 0.25) is 0 Å². The number of hydrogen-bond acceptors (Lipinski definition) is 4. The Morgan fingerprint density at radius 3 is 2.62 bits per heavy atom. The van der Waals surface area contributed by atoms with Gasteiger partial charge in [-0.15, -0.1) is 0 Å². The second-order valence-corrected chi connectivity index (χ2v) is 4.38. The third kappa shape index (κ3) is 2.89. The van der Waals surface area contributed by atoms with Gasteiger partial charge in [-0.1, -0.05) is 17.3 Å². The Hall–Kier alpha value is -2.76. The molecule has 21 heavy (non-hydrogen) atoms. The molecule has 0 amide bonds. The van der Waals surface area contributed by atoms with Crippen molar-refractivity contribution in [2.24, 2.45) is 10.9 Å². The van der Waals surface area contributed by atoms with Crippen molar-refractivity contribution < 1.29 is 14.3 Å². The van der Waals surface area contributed by atoms with Gasteiger partial charge in [0.05, 0.1) is 18.5 Å². The number of rotatable bonds is 4. The molecule has 5 nitrogen and oxygen atoms in total. The van der Waals surface area contributed by atoms with Gasteiger partial charge in [0.15, 0.2) is 5.84 Å². The van der Waals surface area contributed by atoms with Crippen LogP contribution in [0.15, 0.2) is 47.6 Å². The maximum Gasteiger partial charge on any atom is 0.172 e. The molecule has 0 fully saturated rings. The maximum absolute atomic E-state index is 13.4. The third-order valence-corrected chi connectivity index (χ3v) is 3.15. The van der Waals surface area contributed by atoms with Gasteiger partial charge < -0.3 is 20.6 Å². The molecule has 0 bridgehead atoms. The summed E-state index contributed by atoms with van der Waals surface area (Å²) in [6.07, 6.45) is 0. The normalized spacial score (nSPS) is 11.3. The number of benzene rings is 2. The fourth-order valence-electron chi connectivity index (χ4n) is 2.10. The second-order valence-electron chi connectivity index (χ2n) is 4.38. The monoisotopic (exact) mass is 289 g/mol. The molecule has 0 spiro atoms. The molecular weight excluding hydrogens is 273 g/mol. The Bertz CT molecular complexity index is 674. The van der Waals surface area contributed by atoms with Crippen molar-refractivity contribution in [1.82, 2.24) is 0 Å². The van der Waals surface area contributed by atoms with Crippen LogP contribution in [-0.4, -0.2) is 25.2 Å². The molecule has 0 radical (unpaired) electrons. The minimum Gasteiger partial charge on any atom is -0.495 e. The smallest absolute Gasteiger partial charge is 0.172 e. The fraction of sp³-hybridized carbons (Fsp3) is 0.133. The zero-order chi connectivity index (χ0) is 15.4. The van der Waals surface area contributed by atoms with Gasteiger partial charge >= 0.3 is 0 Å². The van der Waals surface area contributed by atoms with E-state index in [9.17, 15) is 4.39 Å². The molecule has 0 aliphatic rings. The van der Waals surface area contributed by atoms with E-state index in [0.717, 1.165) is 5.69 Å². The summed E-state index contributed by atoms with van der Waals surface area (Å²) in [6.45, 7) is 0. The van der Waals surface area contributed by atoms with Gasteiger partial charge in [-0.25, -0.2) is 4.39 Å². The van der Waals surface area contributed by atoms with Crippen molar-refractivity contribution in [3.8, 4) is 5.75 Å². The number of para-hydroxylation sites is 2. The highest BCUT2D eigenvalue weighted by Crippen LogP contribution is 2.34. The Morgan fingerprint density at radius 1 is 1.24 bits per heavy atom. The van der Waals surface area contributed by atoms with E-state index in [1.54, 1.807) is 25.1 Å². The molecule has 0 heterocycles. The minimum atomic E-state index is -0.464. The summed E-state index contributed by atoms with van der Waals surface area (Å²) in [4.78, 5) is 1.78. The van der Waals surface area contributed by atoms with Crippen molar-refractivity contribution in [2.75, 3.05) is 19.1 Å². The first-order valence-corrected chi connectivity index (χ1v) is 6.22. The fourth-order valence-corrected chi connectivity index (χ4v) is 2.10. The summed E-state index contributed by atoms with van der Waals surface area (Å²) < 4.78 is 18.7. The van der Waals surface area contributed by atoms with Crippen LogP contribution in [0, 0.1) is 5.82 Å². The highest BCUT2D eigenvalue weighted by Gasteiger charge is 2.16. The van der Waals surface area contributed by atoms with Crippen molar-refractivity contribution in [1.29, 1.82) is 0 Å². The molecule has 0 unspecified atom stereocenters. The van der Waals surface area contributed by atoms with Gasteiger partial charge in [-0.2, -0.15) is 0 Å². The second kappa shape index (κ2) is 6.13. The lowest BCUT2D eigenvalue weighted by Gasteiger charge is -2.24. The number of anilines is 2. The van der Waals surface area contributed by atoms with Crippen LogP contribution in [0.5, 0.6) is 5.75 Å². The van der Waals surface area contributed by atoms with Crippen molar-refractivity contribution in [2.45, 2.75) is 0 Å². The average Bonchev–Trinajstić information content (AvgIpc) is 2.53. The SMILES string of the molecule is COc1ccccc1N(C)c1ccc(F)cc1C(N)=NO. The molecule has 0 aromatic heterocycles. The number of methoxy groups -OCH3 is 1. The molecular formula is C15H16FN3O2. The Morgan fingerprint density at radius 2 is 1.95 bits per heavy atom. The van der Waals surface area contributed by atoms with Crippen LogP contribution in [0.1, 0.15) is 5.56 Å². The topological polar surface area (TPSA) is 71.1 Å². The quantitative estimate of drug-likeness (QED) is 0.393. The molecule has 2 aromatic carbocycles. The van der Waals surface area contributed by atoms with Gasteiger partial charge in [0, 0.05) is 12.6 Å². The zero-order valence-electron chi connectivity index (χ0n) is 11.7. The lowest BCUT2D eigenvalue weighted by Crippen LogP contribution is -2.20. The summed E-state index contributed by atoms with van der Waals surface area (Å²) in [6, 6.07) is 11.5. The van der Waals surface area contributed by atoms with E-state index >= 15 is 0 Å². The van der Waals surface area contributed by atoms with Crippen LogP contribution >= 0.6 is 0 Å². The number of oxime groups is 1. The number of hydrogen-bond donors (Lipinski definition) is 2. The molecule has 3 N–H and O–H groups in total. The zero-order valence-corrected chi connectivity index (χ0v) is 11.7. The molecule has 0 saturated heterocycles. The predicted molar refractivity (Wildman–Crippen MR) is 80.0 cm³/mol. The maximum atomic E-state index is 13.4. The molecule has 2 rings (SSSR count). The number of halogens is 1. The first kappa shape index (κ1) is 14.6. The van der Waals surface area contributed by atoms with E-state index in [1.165, 1.54) is 12.1 Å². The van der Waals surface area contributed by atoms with E-state index in [2.05, 4.69) is 5.16 Å².